The van der Waals surface area contributed by atoms with Gasteiger partial charge in [-0.15, -0.1) is 0 Å². The lowest BCUT2D eigenvalue weighted by molar-refractivity contribution is 0.237. The van der Waals surface area contributed by atoms with Crippen LogP contribution in [-0.4, -0.2) is 36.1 Å². The molecule has 3 nitrogen and oxygen atoms in total. The number of benzene rings is 1. The molecule has 1 aromatic carbocycles. The molecule has 0 amide bonds. The maximum atomic E-state index is 5.25. The molecule has 2 aromatic rings. The van der Waals surface area contributed by atoms with Crippen molar-refractivity contribution in [1.82, 2.24) is 9.88 Å². The molecule has 0 bridgehead atoms. The number of H-pyrrole nitrogens is 1. The third kappa shape index (κ3) is 3.10. The monoisotopic (exact) mass is 260 g/mol. The molecular formula is C16H24N2O. The van der Waals surface area contributed by atoms with E-state index in [4.69, 9.17) is 4.74 Å². The van der Waals surface area contributed by atoms with Crippen molar-refractivity contribution in [3.63, 3.8) is 0 Å². The minimum Gasteiger partial charge on any atom is -0.497 e. The van der Waals surface area contributed by atoms with Gasteiger partial charge in [-0.25, -0.2) is 0 Å². The number of ether oxygens (including phenoxy) is 1. The SMILES string of the molecule is CCN(CCc1c[nH]c2cc(OC)ccc12)C(C)C. The number of aromatic amines is 1. The van der Waals surface area contributed by atoms with Crippen molar-refractivity contribution in [1.29, 1.82) is 0 Å². The number of aromatic nitrogens is 1. The van der Waals surface area contributed by atoms with Crippen molar-refractivity contribution in [3.05, 3.63) is 30.0 Å². The molecule has 0 saturated carbocycles. The molecule has 0 unspecified atom stereocenters. The van der Waals surface area contributed by atoms with Gasteiger partial charge in [0.2, 0.25) is 0 Å². The van der Waals surface area contributed by atoms with Crippen LogP contribution < -0.4 is 4.74 Å². The third-order valence-corrected chi connectivity index (χ3v) is 3.78. The first-order valence-corrected chi connectivity index (χ1v) is 7.03. The maximum absolute atomic E-state index is 5.25. The van der Waals surface area contributed by atoms with E-state index >= 15 is 0 Å². The first kappa shape index (κ1) is 13.9. The standard InChI is InChI=1S/C16H24N2O/c1-5-18(12(2)3)9-8-13-11-17-16-10-14(19-4)6-7-15(13)16/h6-7,10-12,17H,5,8-9H2,1-4H3. The highest BCUT2D eigenvalue weighted by Crippen LogP contribution is 2.23. The van der Waals surface area contributed by atoms with E-state index in [0.29, 0.717) is 6.04 Å². The fraction of sp³-hybridized carbons (Fsp3) is 0.500. The first-order chi connectivity index (χ1) is 9.15. The Kier molecular flexibility index (Phi) is 4.48. The maximum Gasteiger partial charge on any atom is 0.120 e. The van der Waals surface area contributed by atoms with E-state index in [2.05, 4.69) is 49.0 Å². The highest BCUT2D eigenvalue weighted by Gasteiger charge is 2.09. The Bertz CT molecular complexity index is 531. The minimum atomic E-state index is 0.607. The number of nitrogens with zero attached hydrogens (tertiary/aromatic N) is 1. The summed E-state index contributed by atoms with van der Waals surface area (Å²) in [5, 5.41) is 1.31. The molecule has 1 aromatic heterocycles. The summed E-state index contributed by atoms with van der Waals surface area (Å²) in [4.78, 5) is 5.82. The predicted octanol–water partition coefficient (Wildman–Crippen LogP) is 3.45. The molecule has 0 radical (unpaired) electrons. The van der Waals surface area contributed by atoms with E-state index in [1.807, 2.05) is 6.07 Å². The molecule has 2 rings (SSSR count). The van der Waals surface area contributed by atoms with Crippen molar-refractivity contribution in [2.45, 2.75) is 33.2 Å². The van der Waals surface area contributed by atoms with Gasteiger partial charge in [0.05, 0.1) is 7.11 Å². The van der Waals surface area contributed by atoms with E-state index in [1.54, 1.807) is 7.11 Å². The van der Waals surface area contributed by atoms with Crippen LogP contribution in [0.4, 0.5) is 0 Å². The van der Waals surface area contributed by atoms with E-state index in [9.17, 15) is 0 Å². The van der Waals surface area contributed by atoms with Crippen LogP contribution in [0.5, 0.6) is 5.75 Å². The Morgan fingerprint density at radius 3 is 2.74 bits per heavy atom. The molecule has 0 spiro atoms. The van der Waals surface area contributed by atoms with Gasteiger partial charge in [0.25, 0.3) is 0 Å². The summed E-state index contributed by atoms with van der Waals surface area (Å²) >= 11 is 0. The van der Waals surface area contributed by atoms with Gasteiger partial charge in [-0.1, -0.05) is 6.92 Å². The van der Waals surface area contributed by atoms with Crippen LogP contribution in [-0.2, 0) is 6.42 Å². The normalized spacial score (nSPS) is 11.7. The molecule has 0 saturated heterocycles. The van der Waals surface area contributed by atoms with Crippen LogP contribution >= 0.6 is 0 Å². The molecule has 0 atom stereocenters. The van der Waals surface area contributed by atoms with Crippen molar-refractivity contribution < 1.29 is 4.74 Å². The highest BCUT2D eigenvalue weighted by atomic mass is 16.5. The highest BCUT2D eigenvalue weighted by molar-refractivity contribution is 5.84. The molecular weight excluding hydrogens is 236 g/mol. The fourth-order valence-corrected chi connectivity index (χ4v) is 2.54. The van der Waals surface area contributed by atoms with E-state index in [1.165, 1.54) is 10.9 Å². The first-order valence-electron chi connectivity index (χ1n) is 7.03. The lowest BCUT2D eigenvalue weighted by Crippen LogP contribution is -2.32. The van der Waals surface area contributed by atoms with E-state index in [0.717, 1.165) is 30.8 Å². The average molecular weight is 260 g/mol. The second kappa shape index (κ2) is 6.11. The summed E-state index contributed by atoms with van der Waals surface area (Å²) in [6.45, 7) is 8.94. The predicted molar refractivity (Wildman–Crippen MR) is 80.9 cm³/mol. The lowest BCUT2D eigenvalue weighted by atomic mass is 10.1. The summed E-state index contributed by atoms with van der Waals surface area (Å²) in [7, 11) is 1.70. The van der Waals surface area contributed by atoms with Gasteiger partial charge in [-0.3, -0.25) is 0 Å². The summed E-state index contributed by atoms with van der Waals surface area (Å²) in [5.74, 6) is 0.901. The molecule has 0 aliphatic carbocycles. The Hall–Kier alpha value is -1.48. The van der Waals surface area contributed by atoms with Gasteiger partial charge >= 0.3 is 0 Å². The van der Waals surface area contributed by atoms with Crippen LogP contribution in [0.2, 0.25) is 0 Å². The van der Waals surface area contributed by atoms with Gasteiger partial charge in [0.15, 0.2) is 0 Å². The number of methoxy groups -OCH3 is 1. The van der Waals surface area contributed by atoms with Crippen LogP contribution in [0.1, 0.15) is 26.3 Å². The molecule has 19 heavy (non-hydrogen) atoms. The van der Waals surface area contributed by atoms with Crippen LogP contribution in [0.15, 0.2) is 24.4 Å². The Labute approximate surface area is 115 Å². The van der Waals surface area contributed by atoms with Crippen molar-refractivity contribution in [2.75, 3.05) is 20.2 Å². The fourth-order valence-electron chi connectivity index (χ4n) is 2.54. The molecule has 104 valence electrons. The Morgan fingerprint density at radius 1 is 1.32 bits per heavy atom. The lowest BCUT2D eigenvalue weighted by Gasteiger charge is -2.24. The number of fused-ring (bicyclic) bond motifs is 1. The van der Waals surface area contributed by atoms with Gasteiger partial charge in [-0.2, -0.15) is 0 Å². The van der Waals surface area contributed by atoms with E-state index in [-0.39, 0.29) is 0 Å². The zero-order valence-corrected chi connectivity index (χ0v) is 12.4. The van der Waals surface area contributed by atoms with Crippen LogP contribution in [0.25, 0.3) is 10.9 Å². The number of likely N-dealkylation sites (N-methyl/N-ethyl adjacent to an activating group) is 1. The average Bonchev–Trinajstić information content (AvgIpc) is 2.81. The van der Waals surface area contributed by atoms with Crippen LogP contribution in [0, 0.1) is 0 Å². The molecule has 3 heteroatoms. The summed E-state index contributed by atoms with van der Waals surface area (Å²) < 4.78 is 5.25. The molecule has 1 N–H and O–H groups in total. The molecule has 0 aliphatic heterocycles. The van der Waals surface area contributed by atoms with Crippen LogP contribution in [0.3, 0.4) is 0 Å². The smallest absolute Gasteiger partial charge is 0.120 e. The van der Waals surface area contributed by atoms with Crippen molar-refractivity contribution in [3.8, 4) is 5.75 Å². The van der Waals surface area contributed by atoms with E-state index < -0.39 is 0 Å². The summed E-state index contributed by atoms with van der Waals surface area (Å²) in [6.07, 6.45) is 3.20. The largest absolute Gasteiger partial charge is 0.497 e. The molecule has 0 aliphatic rings. The quantitative estimate of drug-likeness (QED) is 0.861. The Morgan fingerprint density at radius 2 is 2.11 bits per heavy atom. The summed E-state index contributed by atoms with van der Waals surface area (Å²) in [6, 6.07) is 6.83. The van der Waals surface area contributed by atoms with Crippen molar-refractivity contribution >= 4 is 10.9 Å². The second-order valence-electron chi connectivity index (χ2n) is 5.20. The van der Waals surface area contributed by atoms with Gasteiger partial charge in [-0.05, 0) is 44.5 Å². The number of hydrogen-bond donors (Lipinski definition) is 1. The van der Waals surface area contributed by atoms with Gasteiger partial charge < -0.3 is 14.6 Å². The minimum absolute atomic E-state index is 0.607. The van der Waals surface area contributed by atoms with Gasteiger partial charge in [0, 0.05) is 35.8 Å². The third-order valence-electron chi connectivity index (χ3n) is 3.78. The molecule has 1 heterocycles. The molecule has 0 fully saturated rings. The van der Waals surface area contributed by atoms with Gasteiger partial charge in [0.1, 0.15) is 5.75 Å². The zero-order valence-electron chi connectivity index (χ0n) is 12.4. The second-order valence-corrected chi connectivity index (χ2v) is 5.20. The van der Waals surface area contributed by atoms with Crippen molar-refractivity contribution in [2.24, 2.45) is 0 Å². The number of nitrogens with one attached hydrogen (secondary N) is 1. The summed E-state index contributed by atoms with van der Waals surface area (Å²) in [5.41, 5.74) is 2.54. The number of rotatable bonds is 6. The zero-order chi connectivity index (χ0) is 13.8. The Balaban J connectivity index is 2.13. The topological polar surface area (TPSA) is 28.3 Å². The number of hydrogen-bond acceptors (Lipinski definition) is 2.